The van der Waals surface area contributed by atoms with Crippen LogP contribution in [0, 0.1) is 27.7 Å². The zero-order valence-corrected chi connectivity index (χ0v) is 31.2. The fourth-order valence-electron chi connectivity index (χ4n) is 6.33. The Morgan fingerprint density at radius 1 is 0.426 bits per heavy atom. The minimum atomic E-state index is -0.930. The Balaban J connectivity index is 1.31. The average Bonchev–Trinajstić information content (AvgIpc) is 3.19. The lowest BCUT2D eigenvalue weighted by Gasteiger charge is -2.27. The molecule has 2 unspecified atom stereocenters. The Kier molecular flexibility index (Phi) is 12.3. The molecule has 0 radical (unpaired) electrons. The van der Waals surface area contributed by atoms with Gasteiger partial charge in [0.05, 0.1) is 13.2 Å². The van der Waals surface area contributed by atoms with E-state index in [4.69, 9.17) is 19.7 Å². The van der Waals surface area contributed by atoms with Crippen LogP contribution in [-0.2, 0) is 0 Å². The normalized spacial score (nSPS) is 12.2. The van der Waals surface area contributed by atoms with Gasteiger partial charge >= 0.3 is 0 Å². The Hall–Kier alpha value is -5.64. The Morgan fingerprint density at radius 2 is 0.722 bits per heavy atom. The van der Waals surface area contributed by atoms with Crippen molar-refractivity contribution < 1.29 is 29.9 Å². The molecule has 0 aliphatic heterocycles. The molecular formula is C46H48N2O6. The highest BCUT2D eigenvalue weighted by Gasteiger charge is 2.18. The molecule has 6 rings (SSSR count). The number of rotatable bonds is 15. The lowest BCUT2D eigenvalue weighted by molar-refractivity contribution is 0.0536. The molecule has 4 N–H and O–H groups in total. The van der Waals surface area contributed by atoms with Crippen LogP contribution in [0.1, 0.15) is 22.3 Å². The summed E-state index contributed by atoms with van der Waals surface area (Å²) in [5.41, 5.74) is 12.9. The van der Waals surface area contributed by atoms with E-state index in [9.17, 15) is 10.2 Å². The molecule has 278 valence electrons. The average molecular weight is 725 g/mol. The van der Waals surface area contributed by atoms with E-state index in [2.05, 4.69) is 122 Å². The Morgan fingerprint density at radius 3 is 1.02 bits per heavy atom. The van der Waals surface area contributed by atoms with Gasteiger partial charge in [0.15, 0.2) is 0 Å². The summed E-state index contributed by atoms with van der Waals surface area (Å²) >= 11 is 0. The number of nitrogens with zero attached hydrogens (tertiary/aromatic N) is 2. The third-order valence-corrected chi connectivity index (χ3v) is 9.31. The molecule has 0 aromatic heterocycles. The van der Waals surface area contributed by atoms with E-state index in [1.54, 1.807) is 0 Å². The van der Waals surface area contributed by atoms with E-state index in [0.717, 1.165) is 56.4 Å². The third kappa shape index (κ3) is 9.10. The summed E-state index contributed by atoms with van der Waals surface area (Å²) in [6.45, 7) is 7.77. The second kappa shape index (κ2) is 17.5. The van der Waals surface area contributed by atoms with Crippen LogP contribution in [0.2, 0.25) is 0 Å². The fraction of sp³-hybridized carbons (Fsp3) is 0.217. The molecule has 6 aromatic carbocycles. The van der Waals surface area contributed by atoms with Gasteiger partial charge in [0, 0.05) is 34.1 Å². The van der Waals surface area contributed by atoms with Crippen molar-refractivity contribution in [2.45, 2.75) is 39.9 Å². The molecule has 0 aliphatic rings. The number of anilines is 6. The highest BCUT2D eigenvalue weighted by molar-refractivity contribution is 5.83. The zero-order valence-electron chi connectivity index (χ0n) is 31.2. The summed E-state index contributed by atoms with van der Waals surface area (Å²) in [4.78, 5) is 4.42. The van der Waals surface area contributed by atoms with Crippen LogP contribution in [0.15, 0.2) is 133 Å². The maximum absolute atomic E-state index is 9.71. The van der Waals surface area contributed by atoms with Crippen molar-refractivity contribution in [3.63, 3.8) is 0 Å². The highest BCUT2D eigenvalue weighted by atomic mass is 16.5. The Bertz CT molecular complexity index is 1960. The molecule has 0 amide bonds. The number of hydrogen-bond donors (Lipinski definition) is 4. The molecule has 54 heavy (non-hydrogen) atoms. The van der Waals surface area contributed by atoms with Crippen LogP contribution in [0.5, 0.6) is 11.5 Å². The van der Waals surface area contributed by atoms with Gasteiger partial charge in [-0.25, -0.2) is 0 Å². The zero-order chi connectivity index (χ0) is 38.2. The second-order valence-corrected chi connectivity index (χ2v) is 13.6. The first-order valence-electron chi connectivity index (χ1n) is 18.1. The number of hydrogen-bond acceptors (Lipinski definition) is 8. The molecule has 0 bridgehead atoms. The van der Waals surface area contributed by atoms with Crippen molar-refractivity contribution in [1.29, 1.82) is 0 Å². The number of benzene rings is 6. The minimum absolute atomic E-state index is 0.0181. The van der Waals surface area contributed by atoms with Gasteiger partial charge in [0.25, 0.3) is 0 Å². The lowest BCUT2D eigenvalue weighted by Crippen LogP contribution is -2.21. The first kappa shape index (κ1) is 38.1. The largest absolute Gasteiger partial charge is 0.491 e. The number of aryl methyl sites for hydroxylation is 4. The van der Waals surface area contributed by atoms with E-state index in [0.29, 0.717) is 11.5 Å². The summed E-state index contributed by atoms with van der Waals surface area (Å²) in [6.07, 6.45) is -1.86. The second-order valence-electron chi connectivity index (χ2n) is 13.6. The quantitative estimate of drug-likeness (QED) is 0.0832. The standard InChI is InChI=1S/C46H48N2O6/c1-31-5-9-35(10-6-31)47(37-13-19-43(20-14-37)53-29-41(51)27-49)39-17-23-45(33(3)25-39)46-24-18-40(26-34(46)4)48(36-11-7-32(2)8-12-36)38-15-21-44(22-16-38)54-30-42(52)28-50/h5-26,41-42,49-52H,27-30H2,1-4H3. The van der Waals surface area contributed by atoms with Gasteiger partial charge < -0.3 is 39.7 Å². The summed E-state index contributed by atoms with van der Waals surface area (Å²) in [5, 5.41) is 37.7. The SMILES string of the molecule is Cc1ccc(N(c2ccc(OCC(O)CO)cc2)c2ccc(-c3ccc(N(c4ccc(C)cc4)c4ccc(OCC(O)CO)cc4)cc3C)c(C)c2)cc1. The van der Waals surface area contributed by atoms with Crippen LogP contribution in [0.3, 0.4) is 0 Å². The minimum Gasteiger partial charge on any atom is -0.491 e. The van der Waals surface area contributed by atoms with Crippen LogP contribution in [0.4, 0.5) is 34.1 Å². The monoisotopic (exact) mass is 724 g/mol. The topological polar surface area (TPSA) is 106 Å². The molecule has 0 spiro atoms. The molecule has 0 saturated heterocycles. The molecule has 8 heteroatoms. The van der Waals surface area contributed by atoms with E-state index in [1.165, 1.54) is 11.1 Å². The van der Waals surface area contributed by atoms with Gasteiger partial charge in [0.2, 0.25) is 0 Å². The number of ether oxygens (including phenoxy) is 2. The van der Waals surface area contributed by atoms with Gasteiger partial charge in [-0.2, -0.15) is 0 Å². The van der Waals surface area contributed by atoms with Gasteiger partial charge in [-0.05, 0) is 147 Å². The molecule has 0 aliphatic carbocycles. The maximum Gasteiger partial charge on any atom is 0.119 e. The van der Waals surface area contributed by atoms with Gasteiger partial charge in [0.1, 0.15) is 36.9 Å². The van der Waals surface area contributed by atoms with Gasteiger partial charge in [-0.3, -0.25) is 0 Å². The number of aliphatic hydroxyl groups is 4. The van der Waals surface area contributed by atoms with E-state index in [1.807, 2.05) is 48.5 Å². The molecule has 6 aromatic rings. The van der Waals surface area contributed by atoms with Crippen molar-refractivity contribution in [1.82, 2.24) is 0 Å². The molecule has 0 saturated carbocycles. The molecule has 0 heterocycles. The molecule has 0 fully saturated rings. The van der Waals surface area contributed by atoms with E-state index in [-0.39, 0.29) is 26.4 Å². The van der Waals surface area contributed by atoms with Crippen molar-refractivity contribution in [3.8, 4) is 22.6 Å². The van der Waals surface area contributed by atoms with Crippen LogP contribution < -0.4 is 19.3 Å². The van der Waals surface area contributed by atoms with Crippen LogP contribution in [0.25, 0.3) is 11.1 Å². The van der Waals surface area contributed by atoms with E-state index < -0.39 is 12.2 Å². The molecular weight excluding hydrogens is 677 g/mol. The summed E-state index contributed by atoms with van der Waals surface area (Å²) < 4.78 is 11.3. The molecule has 8 nitrogen and oxygen atoms in total. The smallest absolute Gasteiger partial charge is 0.119 e. The number of aliphatic hydroxyl groups excluding tert-OH is 4. The predicted molar refractivity (Wildman–Crippen MR) is 217 cm³/mol. The first-order valence-corrected chi connectivity index (χ1v) is 18.1. The highest BCUT2D eigenvalue weighted by Crippen LogP contribution is 2.41. The van der Waals surface area contributed by atoms with E-state index >= 15 is 0 Å². The molecule has 2 atom stereocenters. The van der Waals surface area contributed by atoms with Gasteiger partial charge in [-0.1, -0.05) is 47.5 Å². The van der Waals surface area contributed by atoms with Crippen LogP contribution in [-0.4, -0.2) is 59.1 Å². The fourth-order valence-corrected chi connectivity index (χ4v) is 6.33. The summed E-state index contributed by atoms with van der Waals surface area (Å²) in [7, 11) is 0. The lowest BCUT2D eigenvalue weighted by atomic mass is 9.95. The predicted octanol–water partition coefficient (Wildman–Crippen LogP) is 8.99. The Labute approximate surface area is 317 Å². The van der Waals surface area contributed by atoms with Crippen LogP contribution >= 0.6 is 0 Å². The van der Waals surface area contributed by atoms with Gasteiger partial charge in [-0.15, -0.1) is 0 Å². The summed E-state index contributed by atoms with van der Waals surface area (Å²) in [6, 6.07) is 45.5. The van der Waals surface area contributed by atoms with Crippen molar-refractivity contribution >= 4 is 34.1 Å². The third-order valence-electron chi connectivity index (χ3n) is 9.31. The summed E-state index contributed by atoms with van der Waals surface area (Å²) in [5.74, 6) is 1.23. The van der Waals surface area contributed by atoms with Crippen molar-refractivity contribution in [3.05, 3.63) is 156 Å². The maximum atomic E-state index is 9.71. The van der Waals surface area contributed by atoms with Crippen molar-refractivity contribution in [2.24, 2.45) is 0 Å². The first-order chi connectivity index (χ1) is 26.1. The van der Waals surface area contributed by atoms with Crippen molar-refractivity contribution in [2.75, 3.05) is 36.2 Å².